The Balaban J connectivity index is 2.24. The molecule has 2 aromatic carbocycles. The third kappa shape index (κ3) is 5.14. The lowest BCUT2D eigenvalue weighted by molar-refractivity contribution is -0.143. The maximum absolute atomic E-state index is 13.5. The third-order valence-electron chi connectivity index (χ3n) is 3.94. The van der Waals surface area contributed by atoms with Crippen LogP contribution in [-0.4, -0.2) is 29.9 Å². The molecule has 0 saturated carbocycles. The van der Waals surface area contributed by atoms with Crippen LogP contribution in [0.4, 0.5) is 4.39 Å². The first-order chi connectivity index (χ1) is 12.0. The fraction of sp³-hybridized carbons (Fsp3) is 0.300. The van der Waals surface area contributed by atoms with Gasteiger partial charge in [0.25, 0.3) is 5.91 Å². The van der Waals surface area contributed by atoms with E-state index < -0.39 is 5.82 Å². The van der Waals surface area contributed by atoms with Crippen LogP contribution < -0.4 is 0 Å². The van der Waals surface area contributed by atoms with E-state index in [-0.39, 0.29) is 36.4 Å². The fourth-order valence-corrected chi connectivity index (χ4v) is 2.61. The molecule has 0 N–H and O–H groups in total. The van der Waals surface area contributed by atoms with Gasteiger partial charge >= 0.3 is 5.97 Å². The van der Waals surface area contributed by atoms with E-state index in [0.29, 0.717) is 6.61 Å². The second-order valence-corrected chi connectivity index (χ2v) is 5.65. The monoisotopic (exact) mass is 343 g/mol. The molecule has 0 aliphatic rings. The van der Waals surface area contributed by atoms with Crippen molar-refractivity contribution in [3.63, 3.8) is 0 Å². The molecule has 0 bridgehead atoms. The van der Waals surface area contributed by atoms with E-state index in [0.717, 1.165) is 5.56 Å². The number of hydrogen-bond acceptors (Lipinski definition) is 3. The number of rotatable bonds is 7. The number of nitrogens with zero attached hydrogens (tertiary/aromatic N) is 1. The van der Waals surface area contributed by atoms with Crippen molar-refractivity contribution in [3.8, 4) is 0 Å². The molecular formula is C20H22FNO3. The van der Waals surface area contributed by atoms with Crippen molar-refractivity contribution in [2.24, 2.45) is 0 Å². The number of ether oxygens (including phenoxy) is 1. The van der Waals surface area contributed by atoms with E-state index in [4.69, 9.17) is 4.74 Å². The van der Waals surface area contributed by atoms with Crippen molar-refractivity contribution >= 4 is 11.9 Å². The van der Waals surface area contributed by atoms with Gasteiger partial charge in [0.2, 0.25) is 0 Å². The Hall–Kier alpha value is -2.69. The van der Waals surface area contributed by atoms with Crippen LogP contribution in [0.1, 0.15) is 42.2 Å². The van der Waals surface area contributed by atoms with Crippen molar-refractivity contribution in [1.82, 2.24) is 4.90 Å². The first-order valence-electron chi connectivity index (χ1n) is 8.30. The van der Waals surface area contributed by atoms with E-state index in [1.807, 2.05) is 37.3 Å². The summed E-state index contributed by atoms with van der Waals surface area (Å²) in [4.78, 5) is 26.2. The molecule has 0 spiro atoms. The number of hydrogen-bond donors (Lipinski definition) is 0. The smallest absolute Gasteiger partial charge is 0.307 e. The van der Waals surface area contributed by atoms with Crippen molar-refractivity contribution < 1.29 is 18.7 Å². The second-order valence-electron chi connectivity index (χ2n) is 5.65. The average Bonchev–Trinajstić information content (AvgIpc) is 2.62. The SMILES string of the molecule is CCOC(=O)CCN(C(=O)c1cccc(F)c1)C(C)c1ccccc1. The zero-order valence-electron chi connectivity index (χ0n) is 14.4. The summed E-state index contributed by atoms with van der Waals surface area (Å²) in [6.07, 6.45) is 0.0894. The minimum Gasteiger partial charge on any atom is -0.466 e. The summed E-state index contributed by atoms with van der Waals surface area (Å²) >= 11 is 0. The predicted octanol–water partition coefficient (Wildman–Crippen LogP) is 3.98. The Bertz CT molecular complexity index is 718. The number of esters is 1. The van der Waals surface area contributed by atoms with Crippen LogP contribution in [0.15, 0.2) is 54.6 Å². The molecule has 0 aromatic heterocycles. The van der Waals surface area contributed by atoms with Crippen LogP contribution in [0, 0.1) is 5.82 Å². The van der Waals surface area contributed by atoms with Gasteiger partial charge < -0.3 is 9.64 Å². The molecule has 4 nitrogen and oxygen atoms in total. The van der Waals surface area contributed by atoms with Gasteiger partial charge in [-0.3, -0.25) is 9.59 Å². The van der Waals surface area contributed by atoms with E-state index in [2.05, 4.69) is 0 Å². The van der Waals surface area contributed by atoms with Crippen molar-refractivity contribution in [1.29, 1.82) is 0 Å². The van der Waals surface area contributed by atoms with E-state index in [1.165, 1.54) is 18.2 Å². The summed E-state index contributed by atoms with van der Waals surface area (Å²) in [7, 11) is 0. The molecule has 1 atom stereocenters. The third-order valence-corrected chi connectivity index (χ3v) is 3.94. The Morgan fingerprint density at radius 1 is 1.12 bits per heavy atom. The highest BCUT2D eigenvalue weighted by atomic mass is 19.1. The van der Waals surface area contributed by atoms with Gasteiger partial charge in [0.15, 0.2) is 0 Å². The standard InChI is InChI=1S/C20H22FNO3/c1-3-25-19(23)12-13-22(15(2)16-8-5-4-6-9-16)20(24)17-10-7-11-18(21)14-17/h4-11,14-15H,3,12-13H2,1-2H3. The Kier molecular flexibility index (Phi) is 6.69. The normalized spacial score (nSPS) is 11.6. The van der Waals surface area contributed by atoms with Crippen LogP contribution in [0.25, 0.3) is 0 Å². The first kappa shape index (κ1) is 18.6. The molecule has 2 rings (SSSR count). The second kappa shape index (κ2) is 8.97. The maximum Gasteiger partial charge on any atom is 0.307 e. The molecule has 132 valence electrons. The maximum atomic E-state index is 13.5. The van der Waals surface area contributed by atoms with E-state index in [9.17, 15) is 14.0 Å². The summed E-state index contributed by atoms with van der Waals surface area (Å²) in [6, 6.07) is 14.8. The molecule has 0 fully saturated rings. The van der Waals surface area contributed by atoms with Gasteiger partial charge in [0, 0.05) is 12.1 Å². The lowest BCUT2D eigenvalue weighted by atomic mass is 10.0. The molecule has 0 heterocycles. The molecule has 0 aliphatic carbocycles. The topological polar surface area (TPSA) is 46.6 Å². The Morgan fingerprint density at radius 2 is 1.84 bits per heavy atom. The molecule has 5 heteroatoms. The zero-order chi connectivity index (χ0) is 18.2. The van der Waals surface area contributed by atoms with Gasteiger partial charge in [-0.2, -0.15) is 0 Å². The molecular weight excluding hydrogens is 321 g/mol. The van der Waals surface area contributed by atoms with Crippen molar-refractivity contribution in [3.05, 3.63) is 71.5 Å². The Labute approximate surface area is 147 Å². The van der Waals surface area contributed by atoms with Gasteiger partial charge in [0.05, 0.1) is 19.1 Å². The van der Waals surface area contributed by atoms with Crippen molar-refractivity contribution in [2.75, 3.05) is 13.2 Å². The van der Waals surface area contributed by atoms with Gasteiger partial charge in [0.1, 0.15) is 5.82 Å². The minimum absolute atomic E-state index is 0.0894. The van der Waals surface area contributed by atoms with Gasteiger partial charge in [-0.1, -0.05) is 36.4 Å². The molecule has 0 radical (unpaired) electrons. The number of benzene rings is 2. The highest BCUT2D eigenvalue weighted by Gasteiger charge is 2.24. The predicted molar refractivity (Wildman–Crippen MR) is 93.5 cm³/mol. The number of carbonyl (C=O) groups excluding carboxylic acids is 2. The van der Waals surface area contributed by atoms with Crippen LogP contribution in [0.2, 0.25) is 0 Å². The molecule has 1 unspecified atom stereocenters. The lowest BCUT2D eigenvalue weighted by Gasteiger charge is -2.29. The summed E-state index contributed by atoms with van der Waals surface area (Å²) in [6.45, 7) is 4.12. The van der Waals surface area contributed by atoms with E-state index >= 15 is 0 Å². The zero-order valence-corrected chi connectivity index (χ0v) is 14.4. The lowest BCUT2D eigenvalue weighted by Crippen LogP contribution is -2.35. The van der Waals surface area contributed by atoms with Gasteiger partial charge in [-0.25, -0.2) is 4.39 Å². The van der Waals surface area contributed by atoms with Crippen LogP contribution in [-0.2, 0) is 9.53 Å². The summed E-state index contributed by atoms with van der Waals surface area (Å²) in [5.74, 6) is -1.15. The van der Waals surface area contributed by atoms with Crippen LogP contribution >= 0.6 is 0 Å². The number of amides is 1. The van der Waals surface area contributed by atoms with Crippen LogP contribution in [0.5, 0.6) is 0 Å². The number of carbonyl (C=O) groups is 2. The molecule has 25 heavy (non-hydrogen) atoms. The molecule has 1 amide bonds. The molecule has 0 aliphatic heterocycles. The largest absolute Gasteiger partial charge is 0.466 e. The molecule has 2 aromatic rings. The quantitative estimate of drug-likeness (QED) is 0.714. The summed E-state index contributed by atoms with van der Waals surface area (Å²) in [5.41, 5.74) is 1.20. The van der Waals surface area contributed by atoms with E-state index in [1.54, 1.807) is 17.9 Å². The summed E-state index contributed by atoms with van der Waals surface area (Å²) in [5, 5.41) is 0. The highest BCUT2D eigenvalue weighted by Crippen LogP contribution is 2.23. The van der Waals surface area contributed by atoms with Gasteiger partial charge in [-0.05, 0) is 37.6 Å². The molecule has 0 saturated heterocycles. The number of halogens is 1. The first-order valence-corrected chi connectivity index (χ1v) is 8.30. The minimum atomic E-state index is -0.469. The Morgan fingerprint density at radius 3 is 2.48 bits per heavy atom. The summed E-state index contributed by atoms with van der Waals surface area (Å²) < 4.78 is 18.4. The van der Waals surface area contributed by atoms with Crippen molar-refractivity contribution in [2.45, 2.75) is 26.3 Å². The average molecular weight is 343 g/mol. The van der Waals surface area contributed by atoms with Gasteiger partial charge in [-0.15, -0.1) is 0 Å². The fourth-order valence-electron chi connectivity index (χ4n) is 2.61. The highest BCUT2D eigenvalue weighted by molar-refractivity contribution is 5.94. The van der Waals surface area contributed by atoms with Crippen LogP contribution in [0.3, 0.4) is 0 Å².